The van der Waals surface area contributed by atoms with Crippen molar-refractivity contribution in [2.24, 2.45) is 5.92 Å². The third-order valence-electron chi connectivity index (χ3n) is 3.11. The summed E-state index contributed by atoms with van der Waals surface area (Å²) < 4.78 is 26.2. The van der Waals surface area contributed by atoms with Crippen molar-refractivity contribution in [3.63, 3.8) is 0 Å². The molecule has 0 bridgehead atoms. The quantitative estimate of drug-likeness (QED) is 0.765. The fourth-order valence-electron chi connectivity index (χ4n) is 2.28. The Bertz CT molecular complexity index is 257. The van der Waals surface area contributed by atoms with Crippen LogP contribution in [0.2, 0.25) is 0 Å². The van der Waals surface area contributed by atoms with Crippen LogP contribution in [0.25, 0.3) is 0 Å². The zero-order valence-corrected chi connectivity index (χ0v) is 9.86. The second-order valence-electron chi connectivity index (χ2n) is 4.41. The van der Waals surface area contributed by atoms with E-state index in [0.29, 0.717) is 19.5 Å². The van der Waals surface area contributed by atoms with Gasteiger partial charge in [-0.2, -0.15) is 0 Å². The molecular weight excluding hydrogens is 238 g/mol. The standard InChI is InChI=1S/C10H16F2N2O.ClH/c11-10(12)3-1-5-14(7-10)9(15)8-2-4-13-6-8;/h8,13H,1-7H2;1H/t8-;/m1./s1. The van der Waals surface area contributed by atoms with Gasteiger partial charge in [0, 0.05) is 19.5 Å². The number of carbonyl (C=O) groups excluding carboxylic acids is 1. The topological polar surface area (TPSA) is 32.3 Å². The number of amides is 1. The van der Waals surface area contributed by atoms with Crippen molar-refractivity contribution in [2.45, 2.75) is 25.2 Å². The first-order chi connectivity index (χ1) is 7.08. The average molecular weight is 255 g/mol. The van der Waals surface area contributed by atoms with Gasteiger partial charge in [-0.05, 0) is 19.4 Å². The van der Waals surface area contributed by atoms with Crippen molar-refractivity contribution < 1.29 is 13.6 Å². The molecule has 0 aromatic rings. The van der Waals surface area contributed by atoms with E-state index in [1.165, 1.54) is 4.90 Å². The van der Waals surface area contributed by atoms with Crippen LogP contribution in [0.4, 0.5) is 8.78 Å². The molecular formula is C10H17ClF2N2O. The number of likely N-dealkylation sites (tertiary alicyclic amines) is 1. The Labute approximate surface area is 100.0 Å². The van der Waals surface area contributed by atoms with Crippen LogP contribution in [0, 0.1) is 5.92 Å². The molecule has 1 N–H and O–H groups in total. The van der Waals surface area contributed by atoms with E-state index in [9.17, 15) is 13.6 Å². The molecule has 16 heavy (non-hydrogen) atoms. The van der Waals surface area contributed by atoms with Crippen molar-refractivity contribution in [2.75, 3.05) is 26.2 Å². The zero-order valence-electron chi connectivity index (χ0n) is 9.05. The number of halogens is 3. The van der Waals surface area contributed by atoms with Crippen LogP contribution in [-0.2, 0) is 4.79 Å². The zero-order chi connectivity index (χ0) is 10.9. The molecule has 0 radical (unpaired) electrons. The van der Waals surface area contributed by atoms with Gasteiger partial charge in [0.25, 0.3) is 5.92 Å². The Kier molecular flexibility index (Phi) is 4.50. The molecule has 2 rings (SSSR count). The van der Waals surface area contributed by atoms with Crippen molar-refractivity contribution in [1.29, 1.82) is 0 Å². The van der Waals surface area contributed by atoms with Crippen LogP contribution >= 0.6 is 12.4 Å². The number of hydrogen-bond donors (Lipinski definition) is 1. The first-order valence-corrected chi connectivity index (χ1v) is 5.46. The van der Waals surface area contributed by atoms with E-state index in [0.717, 1.165) is 13.0 Å². The van der Waals surface area contributed by atoms with E-state index in [2.05, 4.69) is 5.32 Å². The number of rotatable bonds is 1. The van der Waals surface area contributed by atoms with Gasteiger partial charge < -0.3 is 10.2 Å². The van der Waals surface area contributed by atoms with Crippen LogP contribution < -0.4 is 5.32 Å². The number of nitrogens with zero attached hydrogens (tertiary/aromatic N) is 1. The molecule has 0 aromatic heterocycles. The molecule has 1 amide bonds. The van der Waals surface area contributed by atoms with Crippen LogP contribution in [0.5, 0.6) is 0 Å². The van der Waals surface area contributed by atoms with Gasteiger partial charge in [-0.1, -0.05) is 0 Å². The molecule has 0 aliphatic carbocycles. The molecule has 0 aromatic carbocycles. The van der Waals surface area contributed by atoms with Gasteiger partial charge in [0.2, 0.25) is 5.91 Å². The van der Waals surface area contributed by atoms with Crippen molar-refractivity contribution in [3.05, 3.63) is 0 Å². The van der Waals surface area contributed by atoms with E-state index >= 15 is 0 Å². The summed E-state index contributed by atoms with van der Waals surface area (Å²) in [4.78, 5) is 13.2. The average Bonchev–Trinajstić information content (AvgIpc) is 2.67. The van der Waals surface area contributed by atoms with Crippen LogP contribution in [0.3, 0.4) is 0 Å². The van der Waals surface area contributed by atoms with E-state index in [-0.39, 0.29) is 37.2 Å². The second-order valence-corrected chi connectivity index (χ2v) is 4.41. The van der Waals surface area contributed by atoms with Crippen molar-refractivity contribution in [1.82, 2.24) is 10.2 Å². The van der Waals surface area contributed by atoms with E-state index in [1.54, 1.807) is 0 Å². The molecule has 2 fully saturated rings. The number of alkyl halides is 2. The fourth-order valence-corrected chi connectivity index (χ4v) is 2.28. The molecule has 0 unspecified atom stereocenters. The lowest BCUT2D eigenvalue weighted by Gasteiger charge is -2.33. The maximum Gasteiger partial charge on any atom is 0.265 e. The monoisotopic (exact) mass is 254 g/mol. The van der Waals surface area contributed by atoms with Gasteiger partial charge in [0.1, 0.15) is 0 Å². The van der Waals surface area contributed by atoms with Gasteiger partial charge in [-0.25, -0.2) is 8.78 Å². The third-order valence-corrected chi connectivity index (χ3v) is 3.11. The lowest BCUT2D eigenvalue weighted by Crippen LogP contribution is -2.48. The van der Waals surface area contributed by atoms with Gasteiger partial charge in [-0.3, -0.25) is 4.79 Å². The van der Waals surface area contributed by atoms with E-state index < -0.39 is 5.92 Å². The summed E-state index contributed by atoms with van der Waals surface area (Å²) in [5.41, 5.74) is 0. The van der Waals surface area contributed by atoms with Crippen molar-refractivity contribution in [3.8, 4) is 0 Å². The molecule has 2 heterocycles. The highest BCUT2D eigenvalue weighted by atomic mass is 35.5. The molecule has 0 saturated carbocycles. The first kappa shape index (κ1) is 13.6. The smallest absolute Gasteiger partial charge is 0.265 e. The minimum absolute atomic E-state index is 0. The molecule has 6 heteroatoms. The highest BCUT2D eigenvalue weighted by molar-refractivity contribution is 5.85. The highest BCUT2D eigenvalue weighted by Gasteiger charge is 2.39. The molecule has 0 spiro atoms. The molecule has 94 valence electrons. The van der Waals surface area contributed by atoms with Crippen molar-refractivity contribution >= 4 is 18.3 Å². The van der Waals surface area contributed by atoms with Crippen LogP contribution in [0.1, 0.15) is 19.3 Å². The lowest BCUT2D eigenvalue weighted by molar-refractivity contribution is -0.145. The van der Waals surface area contributed by atoms with Gasteiger partial charge in [-0.15, -0.1) is 12.4 Å². The number of carbonyl (C=O) groups is 1. The molecule has 2 saturated heterocycles. The number of nitrogens with one attached hydrogen (secondary N) is 1. The van der Waals surface area contributed by atoms with Gasteiger partial charge >= 0.3 is 0 Å². The Morgan fingerprint density at radius 2 is 2.19 bits per heavy atom. The molecule has 3 nitrogen and oxygen atoms in total. The summed E-state index contributed by atoms with van der Waals surface area (Å²) in [5, 5.41) is 3.08. The summed E-state index contributed by atoms with van der Waals surface area (Å²) in [6, 6.07) is 0. The fraction of sp³-hybridized carbons (Fsp3) is 0.900. The Hall–Kier alpha value is -0.420. The van der Waals surface area contributed by atoms with Gasteiger partial charge in [0.15, 0.2) is 0 Å². The molecule has 2 aliphatic heterocycles. The normalized spacial score (nSPS) is 28.6. The summed E-state index contributed by atoms with van der Waals surface area (Å²) in [6.07, 6.45) is 1.11. The van der Waals surface area contributed by atoms with Crippen LogP contribution in [0.15, 0.2) is 0 Å². The minimum Gasteiger partial charge on any atom is -0.336 e. The number of piperidine rings is 1. The third kappa shape index (κ3) is 3.04. The molecule has 2 aliphatic rings. The Balaban J connectivity index is 0.00000128. The SMILES string of the molecule is Cl.O=C([C@@H]1CCNC1)N1CCCC(F)(F)C1. The maximum atomic E-state index is 13.1. The maximum absolute atomic E-state index is 13.1. The summed E-state index contributed by atoms with van der Waals surface area (Å²) in [7, 11) is 0. The summed E-state index contributed by atoms with van der Waals surface area (Å²) in [6.45, 7) is 1.56. The van der Waals surface area contributed by atoms with Crippen LogP contribution in [-0.4, -0.2) is 42.9 Å². The minimum atomic E-state index is -2.68. The van der Waals surface area contributed by atoms with E-state index in [4.69, 9.17) is 0 Å². The summed E-state index contributed by atoms with van der Waals surface area (Å²) >= 11 is 0. The van der Waals surface area contributed by atoms with E-state index in [1.807, 2.05) is 0 Å². The second kappa shape index (κ2) is 5.27. The predicted octanol–water partition coefficient (Wildman–Crippen LogP) is 1.28. The molecule has 1 atom stereocenters. The first-order valence-electron chi connectivity index (χ1n) is 5.46. The summed E-state index contributed by atoms with van der Waals surface area (Å²) in [5.74, 6) is -2.86. The predicted molar refractivity (Wildman–Crippen MR) is 59.0 cm³/mol. The largest absolute Gasteiger partial charge is 0.336 e. The lowest BCUT2D eigenvalue weighted by atomic mass is 10.0. The number of hydrogen-bond acceptors (Lipinski definition) is 2. The Morgan fingerprint density at radius 3 is 2.75 bits per heavy atom. The van der Waals surface area contributed by atoms with Gasteiger partial charge in [0.05, 0.1) is 12.5 Å². The highest BCUT2D eigenvalue weighted by Crippen LogP contribution is 2.27. The Morgan fingerprint density at radius 1 is 1.44 bits per heavy atom.